The predicted molar refractivity (Wildman–Crippen MR) is 54.5 cm³/mol. The number of aryl methyl sites for hydroxylation is 1. The Morgan fingerprint density at radius 2 is 2.31 bits per heavy atom. The summed E-state index contributed by atoms with van der Waals surface area (Å²) in [5.41, 5.74) is 8.44. The van der Waals surface area contributed by atoms with Gasteiger partial charge >= 0.3 is 0 Å². The maximum atomic E-state index is 5.55. The van der Waals surface area contributed by atoms with Gasteiger partial charge in [0.2, 0.25) is 0 Å². The lowest BCUT2D eigenvalue weighted by atomic mass is 10.2. The molecule has 0 saturated heterocycles. The minimum Gasteiger partial charge on any atom is -0.375 e. The van der Waals surface area contributed by atoms with Crippen LogP contribution >= 0.6 is 11.3 Å². The van der Waals surface area contributed by atoms with Crippen molar-refractivity contribution in [2.24, 2.45) is 0 Å². The van der Waals surface area contributed by atoms with Gasteiger partial charge in [-0.2, -0.15) is 0 Å². The Bertz CT molecular complexity index is 422. The number of nitrogens with zero attached hydrogens (tertiary/aromatic N) is 2. The number of anilines is 1. The van der Waals surface area contributed by atoms with Crippen LogP contribution in [0.3, 0.4) is 0 Å². The number of aromatic nitrogens is 2. The van der Waals surface area contributed by atoms with E-state index in [4.69, 9.17) is 5.73 Å². The molecule has 4 heteroatoms. The second-order valence-corrected chi connectivity index (χ2v) is 3.63. The largest absolute Gasteiger partial charge is 0.375 e. The Balaban J connectivity index is 2.52. The molecule has 3 nitrogen and oxygen atoms in total. The fourth-order valence-electron chi connectivity index (χ4n) is 1.15. The first kappa shape index (κ1) is 8.19. The molecule has 0 amide bonds. The van der Waals surface area contributed by atoms with Crippen LogP contribution in [-0.2, 0) is 0 Å². The molecular formula is C9H9N3S. The molecule has 0 unspecified atom stereocenters. The summed E-state index contributed by atoms with van der Waals surface area (Å²) < 4.78 is 0. The Labute approximate surface area is 80.3 Å². The van der Waals surface area contributed by atoms with Gasteiger partial charge in [-0.3, -0.25) is 4.98 Å². The zero-order chi connectivity index (χ0) is 9.26. The van der Waals surface area contributed by atoms with Gasteiger partial charge in [-0.15, -0.1) is 11.3 Å². The lowest BCUT2D eigenvalue weighted by Gasteiger charge is -1.98. The first-order valence-corrected chi connectivity index (χ1v) is 4.78. The van der Waals surface area contributed by atoms with Crippen LogP contribution in [-0.4, -0.2) is 9.97 Å². The van der Waals surface area contributed by atoms with Crippen molar-refractivity contribution in [3.63, 3.8) is 0 Å². The highest BCUT2D eigenvalue weighted by Crippen LogP contribution is 2.23. The van der Waals surface area contributed by atoms with Gasteiger partial charge in [-0.25, -0.2) is 4.98 Å². The highest BCUT2D eigenvalue weighted by molar-refractivity contribution is 7.13. The van der Waals surface area contributed by atoms with Crippen molar-refractivity contribution in [2.75, 3.05) is 5.73 Å². The predicted octanol–water partition coefficient (Wildman–Crippen LogP) is 2.10. The number of pyridine rings is 1. The molecule has 0 bridgehead atoms. The normalized spacial score (nSPS) is 10.2. The van der Waals surface area contributed by atoms with Crippen LogP contribution in [0.4, 0.5) is 5.13 Å². The van der Waals surface area contributed by atoms with Gasteiger partial charge in [0.15, 0.2) is 5.13 Å². The van der Waals surface area contributed by atoms with Gasteiger partial charge in [0.05, 0.1) is 5.69 Å². The Hall–Kier alpha value is -1.42. The van der Waals surface area contributed by atoms with E-state index in [1.165, 1.54) is 11.3 Å². The molecule has 0 spiro atoms. The van der Waals surface area contributed by atoms with E-state index in [-0.39, 0.29) is 0 Å². The average molecular weight is 191 g/mol. The van der Waals surface area contributed by atoms with E-state index in [2.05, 4.69) is 9.97 Å². The fraction of sp³-hybridized carbons (Fsp3) is 0.111. The molecular weight excluding hydrogens is 182 g/mol. The standard InChI is InChI=1S/C9H9N3S/c1-6-3-2-4-11-8(6)7-5-13-9(10)12-7/h2-5H,1H3,(H2,10,12). The van der Waals surface area contributed by atoms with Gasteiger partial charge in [0.25, 0.3) is 0 Å². The molecule has 0 fully saturated rings. The summed E-state index contributed by atoms with van der Waals surface area (Å²) in [5, 5.41) is 2.50. The Morgan fingerprint density at radius 1 is 1.46 bits per heavy atom. The number of nitrogen functional groups attached to an aromatic ring is 1. The van der Waals surface area contributed by atoms with Crippen molar-refractivity contribution in [3.05, 3.63) is 29.3 Å². The lowest BCUT2D eigenvalue weighted by molar-refractivity contribution is 1.24. The summed E-state index contributed by atoms with van der Waals surface area (Å²) >= 11 is 1.43. The maximum Gasteiger partial charge on any atom is 0.180 e. The molecule has 0 aliphatic carbocycles. The number of hydrogen-bond acceptors (Lipinski definition) is 4. The molecule has 2 aromatic heterocycles. The minimum atomic E-state index is 0.583. The van der Waals surface area contributed by atoms with Gasteiger partial charge in [-0.05, 0) is 18.6 Å². The second-order valence-electron chi connectivity index (χ2n) is 2.74. The first-order valence-electron chi connectivity index (χ1n) is 3.90. The van der Waals surface area contributed by atoms with E-state index in [0.29, 0.717) is 5.13 Å². The van der Waals surface area contributed by atoms with E-state index < -0.39 is 0 Å². The molecule has 2 N–H and O–H groups in total. The molecule has 0 radical (unpaired) electrons. The van der Waals surface area contributed by atoms with Crippen molar-refractivity contribution in [1.29, 1.82) is 0 Å². The van der Waals surface area contributed by atoms with Gasteiger partial charge in [0, 0.05) is 11.6 Å². The third kappa shape index (κ3) is 1.53. The molecule has 13 heavy (non-hydrogen) atoms. The van der Waals surface area contributed by atoms with Crippen LogP contribution < -0.4 is 5.73 Å². The van der Waals surface area contributed by atoms with E-state index in [1.807, 2.05) is 24.4 Å². The zero-order valence-corrected chi connectivity index (χ0v) is 8.01. The molecule has 0 aromatic carbocycles. The molecule has 2 aromatic rings. The van der Waals surface area contributed by atoms with Crippen LogP contribution in [0.25, 0.3) is 11.4 Å². The topological polar surface area (TPSA) is 51.8 Å². The smallest absolute Gasteiger partial charge is 0.180 e. The van der Waals surface area contributed by atoms with E-state index >= 15 is 0 Å². The van der Waals surface area contributed by atoms with E-state index in [9.17, 15) is 0 Å². The maximum absolute atomic E-state index is 5.55. The average Bonchev–Trinajstić information content (AvgIpc) is 2.53. The van der Waals surface area contributed by atoms with Crippen molar-refractivity contribution in [3.8, 4) is 11.4 Å². The van der Waals surface area contributed by atoms with E-state index in [1.54, 1.807) is 6.20 Å². The van der Waals surface area contributed by atoms with Crippen molar-refractivity contribution >= 4 is 16.5 Å². The summed E-state index contributed by atoms with van der Waals surface area (Å²) in [7, 11) is 0. The van der Waals surface area contributed by atoms with Crippen LogP contribution in [0.1, 0.15) is 5.56 Å². The number of hydrogen-bond donors (Lipinski definition) is 1. The van der Waals surface area contributed by atoms with E-state index in [0.717, 1.165) is 17.0 Å². The Kier molecular flexibility index (Phi) is 1.98. The van der Waals surface area contributed by atoms with Crippen LogP contribution in [0.15, 0.2) is 23.7 Å². The minimum absolute atomic E-state index is 0.583. The lowest BCUT2D eigenvalue weighted by Crippen LogP contribution is -1.88. The van der Waals surface area contributed by atoms with Crippen molar-refractivity contribution < 1.29 is 0 Å². The van der Waals surface area contributed by atoms with Crippen LogP contribution in [0, 0.1) is 6.92 Å². The first-order chi connectivity index (χ1) is 6.27. The third-order valence-corrected chi connectivity index (χ3v) is 2.45. The summed E-state index contributed by atoms with van der Waals surface area (Å²) in [5.74, 6) is 0. The molecule has 66 valence electrons. The van der Waals surface area contributed by atoms with Crippen LogP contribution in [0.2, 0.25) is 0 Å². The molecule has 2 heterocycles. The van der Waals surface area contributed by atoms with Crippen molar-refractivity contribution in [2.45, 2.75) is 6.92 Å². The molecule has 0 aliphatic rings. The van der Waals surface area contributed by atoms with Gasteiger partial charge in [-0.1, -0.05) is 6.07 Å². The van der Waals surface area contributed by atoms with Crippen LogP contribution in [0.5, 0.6) is 0 Å². The highest BCUT2D eigenvalue weighted by Gasteiger charge is 2.05. The van der Waals surface area contributed by atoms with Gasteiger partial charge < -0.3 is 5.73 Å². The molecule has 0 aliphatic heterocycles. The SMILES string of the molecule is Cc1cccnc1-c1csc(N)n1. The fourth-order valence-corrected chi connectivity index (χ4v) is 1.70. The third-order valence-electron chi connectivity index (χ3n) is 1.77. The number of thiazole rings is 1. The summed E-state index contributed by atoms with van der Waals surface area (Å²) in [6, 6.07) is 3.92. The summed E-state index contributed by atoms with van der Waals surface area (Å²) in [4.78, 5) is 8.43. The van der Waals surface area contributed by atoms with Gasteiger partial charge in [0.1, 0.15) is 5.69 Å². The second kappa shape index (κ2) is 3.14. The monoisotopic (exact) mass is 191 g/mol. The molecule has 2 rings (SSSR count). The number of nitrogens with two attached hydrogens (primary N) is 1. The highest BCUT2D eigenvalue weighted by atomic mass is 32.1. The summed E-state index contributed by atoms with van der Waals surface area (Å²) in [6.07, 6.45) is 1.76. The number of rotatable bonds is 1. The van der Waals surface area contributed by atoms with Crippen molar-refractivity contribution in [1.82, 2.24) is 9.97 Å². The molecule has 0 atom stereocenters. The Morgan fingerprint density at radius 3 is 2.92 bits per heavy atom. The zero-order valence-electron chi connectivity index (χ0n) is 7.19. The quantitative estimate of drug-likeness (QED) is 0.751. The summed E-state index contributed by atoms with van der Waals surface area (Å²) in [6.45, 7) is 2.01. The molecule has 0 saturated carbocycles.